The van der Waals surface area contributed by atoms with Crippen LogP contribution in [0.4, 0.5) is 23.0 Å². The molecule has 0 saturated heterocycles. The Morgan fingerprint density at radius 2 is 1.56 bits per heavy atom. The summed E-state index contributed by atoms with van der Waals surface area (Å²) in [5.74, 6) is 2.43. The van der Waals surface area contributed by atoms with Crippen LogP contribution in [-0.2, 0) is 6.42 Å². The van der Waals surface area contributed by atoms with Crippen LogP contribution in [0.3, 0.4) is 0 Å². The van der Waals surface area contributed by atoms with Crippen LogP contribution in [0.1, 0.15) is 30.9 Å². The second-order valence-electron chi connectivity index (χ2n) is 7.00. The Hall–Kier alpha value is -2.88. The van der Waals surface area contributed by atoms with E-state index in [0.717, 1.165) is 18.1 Å². The summed E-state index contributed by atoms with van der Waals surface area (Å²) >= 11 is 0. The largest absolute Gasteiger partial charge is 0.302 e. The van der Waals surface area contributed by atoms with Gasteiger partial charge in [-0.2, -0.15) is 0 Å². The van der Waals surface area contributed by atoms with Gasteiger partial charge in [0.1, 0.15) is 6.17 Å². The van der Waals surface area contributed by atoms with Gasteiger partial charge in [-0.3, -0.25) is 0 Å². The van der Waals surface area contributed by atoms with Gasteiger partial charge in [0, 0.05) is 30.2 Å². The van der Waals surface area contributed by atoms with Crippen LogP contribution in [-0.4, -0.2) is 16.1 Å². The Balaban J connectivity index is 1.64. The molecule has 0 spiro atoms. The van der Waals surface area contributed by atoms with Crippen LogP contribution in [0.15, 0.2) is 60.9 Å². The lowest BCUT2D eigenvalue weighted by molar-refractivity contribution is 0.723. The van der Waals surface area contributed by atoms with Gasteiger partial charge in [0.15, 0.2) is 11.6 Å². The first-order valence-corrected chi connectivity index (χ1v) is 8.81. The predicted molar refractivity (Wildman–Crippen MR) is 101 cm³/mol. The molecule has 0 bridgehead atoms. The Morgan fingerprint density at radius 3 is 2.28 bits per heavy atom. The van der Waals surface area contributed by atoms with E-state index in [1.165, 1.54) is 22.5 Å². The molecular formula is C21H20N4. The van der Waals surface area contributed by atoms with Crippen molar-refractivity contribution in [2.75, 3.05) is 9.80 Å². The minimum absolute atomic E-state index is 0.208. The summed E-state index contributed by atoms with van der Waals surface area (Å²) in [6.45, 7) is 4.45. The average Bonchev–Trinajstić information content (AvgIpc) is 3.16. The van der Waals surface area contributed by atoms with E-state index in [-0.39, 0.29) is 6.17 Å². The number of rotatable bonds is 2. The molecule has 4 nitrogen and oxygen atoms in total. The maximum Gasteiger partial charge on any atom is 0.178 e. The lowest BCUT2D eigenvalue weighted by atomic mass is 10.0. The van der Waals surface area contributed by atoms with Crippen molar-refractivity contribution in [3.05, 3.63) is 72.1 Å². The molecule has 0 radical (unpaired) electrons. The number of hydrogen-bond donors (Lipinski definition) is 0. The van der Waals surface area contributed by atoms with Crippen molar-refractivity contribution in [1.82, 2.24) is 9.97 Å². The normalized spacial score (nSPS) is 17.6. The van der Waals surface area contributed by atoms with E-state index in [9.17, 15) is 0 Å². The third kappa shape index (κ3) is 2.07. The van der Waals surface area contributed by atoms with E-state index < -0.39 is 0 Å². The highest BCUT2D eigenvalue weighted by molar-refractivity contribution is 5.86. The molecule has 25 heavy (non-hydrogen) atoms. The van der Waals surface area contributed by atoms with Gasteiger partial charge in [0.05, 0.1) is 0 Å². The highest BCUT2D eigenvalue weighted by Gasteiger charge is 2.44. The molecule has 3 aromatic rings. The molecular weight excluding hydrogens is 308 g/mol. The van der Waals surface area contributed by atoms with E-state index in [1.54, 1.807) is 12.4 Å². The van der Waals surface area contributed by atoms with E-state index in [2.05, 4.69) is 82.1 Å². The highest BCUT2D eigenvalue weighted by Crippen LogP contribution is 2.50. The molecule has 2 aromatic carbocycles. The highest BCUT2D eigenvalue weighted by atomic mass is 15.5. The molecule has 0 amide bonds. The average molecular weight is 328 g/mol. The molecule has 1 unspecified atom stereocenters. The standard InChI is InChI=1S/C21H20N4/c1-14(2)15-7-9-17(10-8-15)24-19-13-16-5-3-4-6-18(16)25(19)21-20(24)22-11-12-23-21/h3-12,14,19H,13H2,1-2H3. The smallest absolute Gasteiger partial charge is 0.178 e. The van der Waals surface area contributed by atoms with Crippen LogP contribution >= 0.6 is 0 Å². The van der Waals surface area contributed by atoms with Gasteiger partial charge in [-0.15, -0.1) is 0 Å². The topological polar surface area (TPSA) is 32.3 Å². The quantitative estimate of drug-likeness (QED) is 0.678. The molecule has 4 heteroatoms. The van der Waals surface area contributed by atoms with Crippen LogP contribution in [0.25, 0.3) is 0 Å². The maximum atomic E-state index is 4.65. The van der Waals surface area contributed by atoms with Gasteiger partial charge in [0.25, 0.3) is 0 Å². The minimum Gasteiger partial charge on any atom is -0.302 e. The summed E-state index contributed by atoms with van der Waals surface area (Å²) < 4.78 is 0. The van der Waals surface area contributed by atoms with Gasteiger partial charge in [0.2, 0.25) is 0 Å². The summed E-state index contributed by atoms with van der Waals surface area (Å²) in [6, 6.07) is 17.5. The first kappa shape index (κ1) is 14.5. The van der Waals surface area contributed by atoms with Crippen molar-refractivity contribution in [2.24, 2.45) is 0 Å². The number of fused-ring (bicyclic) bond motifs is 5. The van der Waals surface area contributed by atoms with Crippen molar-refractivity contribution < 1.29 is 0 Å². The molecule has 3 heterocycles. The summed E-state index contributed by atoms with van der Waals surface area (Å²) in [4.78, 5) is 13.9. The van der Waals surface area contributed by atoms with E-state index in [0.29, 0.717) is 5.92 Å². The number of benzene rings is 2. The monoisotopic (exact) mass is 328 g/mol. The van der Waals surface area contributed by atoms with Gasteiger partial charge < -0.3 is 9.80 Å². The van der Waals surface area contributed by atoms with Crippen LogP contribution in [0.2, 0.25) is 0 Å². The maximum absolute atomic E-state index is 4.65. The number of para-hydroxylation sites is 1. The molecule has 0 saturated carbocycles. The molecule has 0 N–H and O–H groups in total. The number of anilines is 4. The fraction of sp³-hybridized carbons (Fsp3) is 0.238. The van der Waals surface area contributed by atoms with Gasteiger partial charge in [-0.05, 0) is 35.2 Å². The first-order chi connectivity index (χ1) is 12.2. The van der Waals surface area contributed by atoms with Gasteiger partial charge in [-0.25, -0.2) is 9.97 Å². The fourth-order valence-electron chi connectivity index (χ4n) is 3.95. The Labute approximate surface area is 147 Å². The van der Waals surface area contributed by atoms with E-state index >= 15 is 0 Å². The molecule has 1 atom stereocenters. The first-order valence-electron chi connectivity index (χ1n) is 8.81. The number of aromatic nitrogens is 2. The molecule has 2 aliphatic heterocycles. The fourth-order valence-corrected chi connectivity index (χ4v) is 3.95. The van der Waals surface area contributed by atoms with Crippen molar-refractivity contribution in [3.8, 4) is 0 Å². The Morgan fingerprint density at radius 1 is 0.880 bits per heavy atom. The van der Waals surface area contributed by atoms with Crippen molar-refractivity contribution in [1.29, 1.82) is 0 Å². The lowest BCUT2D eigenvalue weighted by Crippen LogP contribution is -2.36. The van der Waals surface area contributed by atoms with E-state index in [4.69, 9.17) is 0 Å². The minimum atomic E-state index is 0.208. The summed E-state index contributed by atoms with van der Waals surface area (Å²) in [5, 5.41) is 0. The summed E-state index contributed by atoms with van der Waals surface area (Å²) in [6.07, 6.45) is 4.74. The van der Waals surface area contributed by atoms with Crippen LogP contribution in [0.5, 0.6) is 0 Å². The van der Waals surface area contributed by atoms with Crippen molar-refractivity contribution >= 4 is 23.0 Å². The summed E-state index contributed by atoms with van der Waals surface area (Å²) in [7, 11) is 0. The molecule has 2 aliphatic rings. The molecule has 0 aliphatic carbocycles. The molecule has 1 aromatic heterocycles. The van der Waals surface area contributed by atoms with Crippen LogP contribution < -0.4 is 9.80 Å². The van der Waals surface area contributed by atoms with Crippen LogP contribution in [0, 0.1) is 0 Å². The van der Waals surface area contributed by atoms with Gasteiger partial charge >= 0.3 is 0 Å². The molecule has 0 fully saturated rings. The third-order valence-corrected chi connectivity index (χ3v) is 5.20. The zero-order chi connectivity index (χ0) is 17.0. The summed E-state index contributed by atoms with van der Waals surface area (Å²) in [5.41, 5.74) is 5.14. The van der Waals surface area contributed by atoms with Gasteiger partial charge in [-0.1, -0.05) is 44.2 Å². The SMILES string of the molecule is CC(C)c1ccc(N2c3nccnc3N3c4ccccc4CC23)cc1. The zero-order valence-corrected chi connectivity index (χ0v) is 14.4. The molecule has 5 rings (SSSR count). The second kappa shape index (κ2) is 5.31. The lowest BCUT2D eigenvalue weighted by Gasteiger charge is -2.27. The third-order valence-electron chi connectivity index (χ3n) is 5.20. The second-order valence-corrected chi connectivity index (χ2v) is 7.00. The number of hydrogen-bond acceptors (Lipinski definition) is 4. The zero-order valence-electron chi connectivity index (χ0n) is 14.4. The number of nitrogens with zero attached hydrogens (tertiary/aromatic N) is 4. The van der Waals surface area contributed by atoms with E-state index in [1.807, 2.05) is 0 Å². The predicted octanol–water partition coefficient (Wildman–Crippen LogP) is 4.77. The molecule has 124 valence electrons. The van der Waals surface area contributed by atoms with Crippen molar-refractivity contribution in [3.63, 3.8) is 0 Å². The Bertz CT molecular complexity index is 933. The van der Waals surface area contributed by atoms with Crippen molar-refractivity contribution in [2.45, 2.75) is 32.4 Å². The Kier molecular flexibility index (Phi) is 3.07.